The number of aromatic nitrogens is 2. The fraction of sp³-hybridized carbons (Fsp3) is 0.368. The molecular formula is C19H20F2N4O2. The average molecular weight is 374 g/mol. The molecule has 1 heterocycles. The molecule has 1 amide bonds. The minimum absolute atomic E-state index is 0.0900. The van der Waals surface area contributed by atoms with Gasteiger partial charge in [0.05, 0.1) is 11.7 Å². The molecule has 1 saturated carbocycles. The summed E-state index contributed by atoms with van der Waals surface area (Å²) >= 11 is 0. The van der Waals surface area contributed by atoms with Gasteiger partial charge in [-0.1, -0.05) is 30.3 Å². The Morgan fingerprint density at radius 2 is 2.00 bits per heavy atom. The number of nitrogens with zero attached hydrogens (tertiary/aromatic N) is 3. The van der Waals surface area contributed by atoms with Crippen LogP contribution in [0.4, 0.5) is 19.5 Å². The molecule has 0 spiro atoms. The van der Waals surface area contributed by atoms with E-state index in [4.69, 9.17) is 4.74 Å². The highest BCUT2D eigenvalue weighted by atomic mass is 19.3. The fourth-order valence-corrected chi connectivity index (χ4v) is 2.71. The van der Waals surface area contributed by atoms with Crippen LogP contribution in [0.5, 0.6) is 0 Å². The van der Waals surface area contributed by atoms with Crippen LogP contribution in [0.1, 0.15) is 36.9 Å². The number of benzene rings is 1. The molecule has 0 bridgehead atoms. The van der Waals surface area contributed by atoms with E-state index < -0.39 is 12.0 Å². The maximum atomic E-state index is 13.2. The van der Waals surface area contributed by atoms with Gasteiger partial charge in [0.15, 0.2) is 0 Å². The Labute approximate surface area is 155 Å². The van der Waals surface area contributed by atoms with E-state index in [-0.39, 0.29) is 31.4 Å². The maximum absolute atomic E-state index is 13.2. The molecule has 0 atom stereocenters. The summed E-state index contributed by atoms with van der Waals surface area (Å²) in [6.45, 7) is 0.139. The topological polar surface area (TPSA) is 76.5 Å². The standard InChI is InChI=1S/C19H20F2N4O2/c20-19(21)9-6-15(7-10-19)23-12-16-8-11-22-17(24-16)25-18(26)27-13-14-4-2-1-3-5-14/h1-5,8,11-12,15H,6-7,9-10,13H2,(H,22,24,25,26). The normalized spacial score (nSPS) is 17.0. The smallest absolute Gasteiger partial charge is 0.414 e. The largest absolute Gasteiger partial charge is 0.444 e. The molecule has 142 valence electrons. The van der Waals surface area contributed by atoms with Crippen LogP contribution in [0.15, 0.2) is 47.6 Å². The second kappa shape index (κ2) is 8.66. The first-order valence-corrected chi connectivity index (χ1v) is 8.72. The van der Waals surface area contributed by atoms with Gasteiger partial charge >= 0.3 is 6.09 Å². The molecule has 1 aromatic carbocycles. The summed E-state index contributed by atoms with van der Waals surface area (Å²) in [7, 11) is 0. The monoisotopic (exact) mass is 374 g/mol. The van der Waals surface area contributed by atoms with Crippen LogP contribution in [0.2, 0.25) is 0 Å². The molecule has 1 aliphatic carbocycles. The Morgan fingerprint density at radius 1 is 1.26 bits per heavy atom. The summed E-state index contributed by atoms with van der Waals surface area (Å²) in [4.78, 5) is 24.3. The van der Waals surface area contributed by atoms with Crippen molar-refractivity contribution in [2.45, 2.75) is 44.3 Å². The second-order valence-electron chi connectivity index (χ2n) is 6.36. The molecule has 0 radical (unpaired) electrons. The van der Waals surface area contributed by atoms with E-state index in [0.29, 0.717) is 18.5 Å². The molecule has 0 unspecified atom stereocenters. The zero-order valence-corrected chi connectivity index (χ0v) is 14.6. The first kappa shape index (κ1) is 18.9. The lowest BCUT2D eigenvalue weighted by Gasteiger charge is -2.25. The molecule has 0 saturated heterocycles. The molecule has 2 aromatic rings. The van der Waals surface area contributed by atoms with E-state index in [0.717, 1.165) is 5.56 Å². The third-order valence-electron chi connectivity index (χ3n) is 4.21. The lowest BCUT2D eigenvalue weighted by atomic mass is 9.93. The van der Waals surface area contributed by atoms with Crippen molar-refractivity contribution in [1.82, 2.24) is 9.97 Å². The highest BCUT2D eigenvalue weighted by molar-refractivity contribution is 5.83. The van der Waals surface area contributed by atoms with Crippen LogP contribution >= 0.6 is 0 Å². The van der Waals surface area contributed by atoms with Gasteiger partial charge in [0.2, 0.25) is 11.9 Å². The van der Waals surface area contributed by atoms with Crippen molar-refractivity contribution in [2.24, 2.45) is 4.99 Å². The highest BCUT2D eigenvalue weighted by Crippen LogP contribution is 2.34. The molecule has 0 aliphatic heterocycles. The van der Waals surface area contributed by atoms with Gasteiger partial charge in [-0.15, -0.1) is 0 Å². The number of nitrogens with one attached hydrogen (secondary N) is 1. The van der Waals surface area contributed by atoms with Crippen molar-refractivity contribution in [2.75, 3.05) is 5.32 Å². The summed E-state index contributed by atoms with van der Waals surface area (Å²) in [6.07, 6.45) is 2.77. The lowest BCUT2D eigenvalue weighted by Crippen LogP contribution is -2.26. The van der Waals surface area contributed by atoms with E-state index in [1.165, 1.54) is 12.4 Å². The fourth-order valence-electron chi connectivity index (χ4n) is 2.71. The number of alkyl halides is 2. The lowest BCUT2D eigenvalue weighted by molar-refractivity contribution is -0.0373. The van der Waals surface area contributed by atoms with Crippen molar-refractivity contribution in [3.05, 3.63) is 53.9 Å². The number of amides is 1. The highest BCUT2D eigenvalue weighted by Gasteiger charge is 2.34. The quantitative estimate of drug-likeness (QED) is 0.795. The number of carbonyl (C=O) groups is 1. The summed E-state index contributed by atoms with van der Waals surface area (Å²) in [6, 6.07) is 10.8. The summed E-state index contributed by atoms with van der Waals surface area (Å²) in [5.74, 6) is -2.48. The van der Waals surface area contributed by atoms with Gasteiger partial charge in [0, 0.05) is 25.3 Å². The van der Waals surface area contributed by atoms with Gasteiger partial charge in [-0.25, -0.2) is 23.5 Å². The Kier molecular flexibility index (Phi) is 6.05. The minimum atomic E-state index is -2.57. The Bertz CT molecular complexity index is 789. The number of halogens is 2. The van der Waals surface area contributed by atoms with E-state index >= 15 is 0 Å². The molecular weight excluding hydrogens is 354 g/mol. The minimum Gasteiger partial charge on any atom is -0.444 e. The number of rotatable bonds is 5. The first-order valence-electron chi connectivity index (χ1n) is 8.72. The van der Waals surface area contributed by atoms with Crippen LogP contribution in [-0.4, -0.2) is 34.2 Å². The SMILES string of the molecule is O=C(Nc1nccc(C=NC2CCC(F)(F)CC2)n1)OCc1ccccc1. The molecule has 27 heavy (non-hydrogen) atoms. The number of hydrogen-bond donors (Lipinski definition) is 1. The van der Waals surface area contributed by atoms with Gasteiger partial charge in [0.1, 0.15) is 6.61 Å². The van der Waals surface area contributed by atoms with Crippen molar-refractivity contribution < 1.29 is 18.3 Å². The van der Waals surface area contributed by atoms with Crippen LogP contribution in [-0.2, 0) is 11.3 Å². The van der Waals surface area contributed by atoms with Crippen molar-refractivity contribution in [1.29, 1.82) is 0 Å². The Morgan fingerprint density at radius 3 is 2.74 bits per heavy atom. The second-order valence-corrected chi connectivity index (χ2v) is 6.36. The van der Waals surface area contributed by atoms with Gasteiger partial charge < -0.3 is 4.74 Å². The van der Waals surface area contributed by atoms with E-state index in [9.17, 15) is 13.6 Å². The zero-order valence-electron chi connectivity index (χ0n) is 14.6. The number of aliphatic imine (C=N–C) groups is 1. The van der Waals surface area contributed by atoms with Crippen LogP contribution in [0.3, 0.4) is 0 Å². The van der Waals surface area contributed by atoms with Gasteiger partial charge in [0.25, 0.3) is 0 Å². The summed E-state index contributed by atoms with van der Waals surface area (Å²) < 4.78 is 31.4. The number of carbonyl (C=O) groups excluding carboxylic acids is 1. The Hall–Kier alpha value is -2.90. The van der Waals surface area contributed by atoms with Gasteiger partial charge in [-0.3, -0.25) is 10.3 Å². The van der Waals surface area contributed by atoms with E-state index in [1.54, 1.807) is 6.07 Å². The van der Waals surface area contributed by atoms with E-state index in [1.807, 2.05) is 30.3 Å². The van der Waals surface area contributed by atoms with Crippen LogP contribution in [0, 0.1) is 0 Å². The molecule has 1 N–H and O–H groups in total. The maximum Gasteiger partial charge on any atom is 0.414 e. The van der Waals surface area contributed by atoms with Crippen molar-refractivity contribution in [3.8, 4) is 0 Å². The summed E-state index contributed by atoms with van der Waals surface area (Å²) in [5, 5.41) is 2.46. The van der Waals surface area contributed by atoms with Gasteiger partial charge in [-0.05, 0) is 24.5 Å². The van der Waals surface area contributed by atoms with Crippen molar-refractivity contribution >= 4 is 18.3 Å². The predicted octanol–water partition coefficient (Wildman–Crippen LogP) is 4.22. The summed E-state index contributed by atoms with van der Waals surface area (Å²) in [5.41, 5.74) is 1.35. The predicted molar refractivity (Wildman–Crippen MR) is 97.1 cm³/mol. The number of ether oxygens (including phenoxy) is 1. The van der Waals surface area contributed by atoms with E-state index in [2.05, 4.69) is 20.3 Å². The zero-order chi connectivity index (χ0) is 19.1. The number of anilines is 1. The van der Waals surface area contributed by atoms with Crippen molar-refractivity contribution in [3.63, 3.8) is 0 Å². The first-order chi connectivity index (χ1) is 13.0. The molecule has 8 heteroatoms. The third-order valence-corrected chi connectivity index (χ3v) is 4.21. The molecule has 1 aromatic heterocycles. The molecule has 6 nitrogen and oxygen atoms in total. The van der Waals surface area contributed by atoms with Crippen LogP contribution < -0.4 is 5.32 Å². The molecule has 1 fully saturated rings. The average Bonchev–Trinajstić information content (AvgIpc) is 2.67. The Balaban J connectivity index is 1.51. The molecule has 1 aliphatic rings. The number of hydrogen-bond acceptors (Lipinski definition) is 5. The van der Waals surface area contributed by atoms with Crippen LogP contribution in [0.25, 0.3) is 0 Å². The molecule has 3 rings (SSSR count). The third kappa shape index (κ3) is 6.09. The van der Waals surface area contributed by atoms with Gasteiger partial charge in [-0.2, -0.15) is 0 Å².